The van der Waals surface area contributed by atoms with Crippen molar-refractivity contribution >= 4 is 17.2 Å². The van der Waals surface area contributed by atoms with Crippen molar-refractivity contribution in [2.75, 3.05) is 32.7 Å². The number of rotatable bonds is 8. The lowest BCUT2D eigenvalue weighted by Crippen LogP contribution is -2.59. The number of nitrogens with two attached hydrogens (primary N) is 1. The fourth-order valence-electron chi connectivity index (χ4n) is 2.93. The summed E-state index contributed by atoms with van der Waals surface area (Å²) >= 11 is 5.20. The van der Waals surface area contributed by atoms with Crippen LogP contribution in [0.15, 0.2) is 0 Å². The fourth-order valence-corrected chi connectivity index (χ4v) is 3.06. The van der Waals surface area contributed by atoms with E-state index in [9.17, 15) is 0 Å². The van der Waals surface area contributed by atoms with Crippen molar-refractivity contribution < 1.29 is 0 Å². The van der Waals surface area contributed by atoms with E-state index >= 15 is 0 Å². The fraction of sp³-hybridized carbons (Fsp3) is 0.938. The molecule has 1 atom stereocenters. The molecule has 0 amide bonds. The van der Waals surface area contributed by atoms with E-state index in [4.69, 9.17) is 18.0 Å². The summed E-state index contributed by atoms with van der Waals surface area (Å²) in [6, 6.07) is 0. The first-order valence-electron chi connectivity index (χ1n) is 8.19. The second-order valence-electron chi connectivity index (χ2n) is 6.63. The molecule has 1 fully saturated rings. The molecule has 118 valence electrons. The normalized spacial score (nSPS) is 20.0. The summed E-state index contributed by atoms with van der Waals surface area (Å²) in [6.45, 7) is 14.6. The van der Waals surface area contributed by atoms with E-state index in [1.165, 1.54) is 32.2 Å². The van der Waals surface area contributed by atoms with Crippen LogP contribution in [0.3, 0.4) is 0 Å². The van der Waals surface area contributed by atoms with Gasteiger partial charge < -0.3 is 10.6 Å². The Morgan fingerprint density at radius 1 is 1.20 bits per heavy atom. The highest BCUT2D eigenvalue weighted by molar-refractivity contribution is 7.80. The molecule has 1 unspecified atom stereocenters. The Labute approximate surface area is 130 Å². The minimum Gasteiger partial charge on any atom is -0.392 e. The van der Waals surface area contributed by atoms with E-state index < -0.39 is 0 Å². The van der Waals surface area contributed by atoms with E-state index in [0.717, 1.165) is 32.1 Å². The monoisotopic (exact) mass is 299 g/mol. The van der Waals surface area contributed by atoms with Crippen LogP contribution in [0.4, 0.5) is 0 Å². The van der Waals surface area contributed by atoms with Gasteiger partial charge in [-0.05, 0) is 26.2 Å². The molecular weight excluding hydrogens is 266 g/mol. The van der Waals surface area contributed by atoms with Crippen LogP contribution in [0.2, 0.25) is 0 Å². The van der Waals surface area contributed by atoms with E-state index in [2.05, 4.69) is 37.5 Å². The molecule has 0 spiro atoms. The van der Waals surface area contributed by atoms with Crippen LogP contribution >= 0.6 is 12.2 Å². The number of unbranched alkanes of at least 4 members (excludes halogenated alkanes) is 1. The van der Waals surface area contributed by atoms with Gasteiger partial charge in [0, 0.05) is 32.7 Å². The molecule has 0 aliphatic carbocycles. The smallest absolute Gasteiger partial charge is 0.0928 e. The van der Waals surface area contributed by atoms with Crippen molar-refractivity contribution in [1.29, 1.82) is 0 Å². The number of nitrogens with zero attached hydrogens (tertiary/aromatic N) is 2. The molecule has 20 heavy (non-hydrogen) atoms. The second kappa shape index (κ2) is 8.30. The maximum Gasteiger partial charge on any atom is 0.0928 e. The predicted octanol–water partition coefficient (Wildman–Crippen LogP) is 2.89. The van der Waals surface area contributed by atoms with Crippen molar-refractivity contribution in [3.05, 3.63) is 0 Å². The van der Waals surface area contributed by atoms with E-state index in [-0.39, 0.29) is 5.54 Å². The van der Waals surface area contributed by atoms with Crippen LogP contribution in [0, 0.1) is 5.92 Å². The average Bonchev–Trinajstić information content (AvgIpc) is 2.43. The topological polar surface area (TPSA) is 32.5 Å². The first kappa shape index (κ1) is 17.9. The molecule has 0 bridgehead atoms. The van der Waals surface area contributed by atoms with Gasteiger partial charge in [0.1, 0.15) is 0 Å². The summed E-state index contributed by atoms with van der Waals surface area (Å²) in [5, 5.41) is 0. The van der Waals surface area contributed by atoms with Gasteiger partial charge in [0.05, 0.1) is 10.5 Å². The van der Waals surface area contributed by atoms with Gasteiger partial charge in [0.2, 0.25) is 0 Å². The molecular formula is C16H33N3S. The Bertz CT molecular complexity index is 296. The highest BCUT2D eigenvalue weighted by Crippen LogP contribution is 2.20. The summed E-state index contributed by atoms with van der Waals surface area (Å²) in [5.74, 6) is 0.866. The minimum atomic E-state index is -0.145. The zero-order valence-corrected chi connectivity index (χ0v) is 14.6. The molecule has 1 heterocycles. The van der Waals surface area contributed by atoms with Crippen LogP contribution in [0.1, 0.15) is 53.4 Å². The molecule has 1 saturated heterocycles. The average molecular weight is 300 g/mol. The summed E-state index contributed by atoms with van der Waals surface area (Å²) in [4.78, 5) is 5.66. The molecule has 0 radical (unpaired) electrons. The quantitative estimate of drug-likeness (QED) is 0.699. The lowest BCUT2D eigenvalue weighted by atomic mass is 9.97. The van der Waals surface area contributed by atoms with Crippen molar-refractivity contribution in [3.8, 4) is 0 Å². The molecule has 0 aromatic heterocycles. The Balaban J connectivity index is 2.40. The Morgan fingerprint density at radius 2 is 1.80 bits per heavy atom. The molecule has 2 N–H and O–H groups in total. The summed E-state index contributed by atoms with van der Waals surface area (Å²) in [7, 11) is 0. The SMILES string of the molecule is CCCCC(CC)CN1CCN(C(C)(C)C(N)=S)CC1. The van der Waals surface area contributed by atoms with Crippen LogP contribution in [0.5, 0.6) is 0 Å². The van der Waals surface area contributed by atoms with Gasteiger partial charge in [0.15, 0.2) is 0 Å². The minimum absolute atomic E-state index is 0.145. The molecule has 1 aliphatic heterocycles. The second-order valence-corrected chi connectivity index (χ2v) is 7.07. The highest BCUT2D eigenvalue weighted by Gasteiger charge is 2.32. The molecule has 3 nitrogen and oxygen atoms in total. The predicted molar refractivity (Wildman–Crippen MR) is 92.2 cm³/mol. The summed E-state index contributed by atoms with van der Waals surface area (Å²) in [5.41, 5.74) is 5.72. The third kappa shape index (κ3) is 4.97. The van der Waals surface area contributed by atoms with Gasteiger partial charge >= 0.3 is 0 Å². The van der Waals surface area contributed by atoms with E-state index in [1.54, 1.807) is 0 Å². The molecule has 1 aliphatic rings. The first-order chi connectivity index (χ1) is 9.41. The molecule has 1 rings (SSSR count). The van der Waals surface area contributed by atoms with Crippen LogP contribution in [-0.4, -0.2) is 53.1 Å². The van der Waals surface area contributed by atoms with Crippen LogP contribution < -0.4 is 5.73 Å². The summed E-state index contributed by atoms with van der Waals surface area (Å²) in [6.07, 6.45) is 5.36. The lowest BCUT2D eigenvalue weighted by Gasteiger charge is -2.44. The van der Waals surface area contributed by atoms with Gasteiger partial charge in [0.25, 0.3) is 0 Å². The number of hydrogen-bond donors (Lipinski definition) is 1. The summed E-state index contributed by atoms with van der Waals surface area (Å²) < 4.78 is 0. The maximum absolute atomic E-state index is 5.87. The maximum atomic E-state index is 5.87. The number of piperazine rings is 1. The van der Waals surface area contributed by atoms with Gasteiger partial charge in [-0.2, -0.15) is 0 Å². The number of thiocarbonyl (C=S) groups is 1. The highest BCUT2D eigenvalue weighted by atomic mass is 32.1. The Kier molecular flexibility index (Phi) is 7.41. The largest absolute Gasteiger partial charge is 0.392 e. The van der Waals surface area contributed by atoms with Gasteiger partial charge in [-0.3, -0.25) is 4.90 Å². The zero-order valence-electron chi connectivity index (χ0n) is 13.8. The first-order valence-corrected chi connectivity index (χ1v) is 8.59. The standard InChI is InChI=1S/C16H33N3S/c1-5-7-8-14(6-2)13-18-9-11-19(12-10-18)16(3,4)15(17)20/h14H,5-13H2,1-4H3,(H2,17,20). The third-order valence-corrected chi connectivity index (χ3v) is 5.33. The van der Waals surface area contributed by atoms with Crippen molar-refractivity contribution in [1.82, 2.24) is 9.80 Å². The Morgan fingerprint density at radius 3 is 2.25 bits per heavy atom. The van der Waals surface area contributed by atoms with Gasteiger partial charge in [-0.25, -0.2) is 0 Å². The molecule has 4 heteroatoms. The molecule has 0 aromatic carbocycles. The van der Waals surface area contributed by atoms with Crippen LogP contribution in [-0.2, 0) is 0 Å². The van der Waals surface area contributed by atoms with Gasteiger partial charge in [-0.1, -0.05) is 45.3 Å². The van der Waals surface area contributed by atoms with Crippen molar-refractivity contribution in [2.45, 2.75) is 58.9 Å². The zero-order chi connectivity index (χ0) is 15.2. The van der Waals surface area contributed by atoms with E-state index in [0.29, 0.717) is 4.99 Å². The van der Waals surface area contributed by atoms with Gasteiger partial charge in [-0.15, -0.1) is 0 Å². The Hall–Kier alpha value is -0.190. The van der Waals surface area contributed by atoms with Crippen molar-refractivity contribution in [2.24, 2.45) is 11.7 Å². The third-order valence-electron chi connectivity index (χ3n) is 4.83. The molecule has 0 aromatic rings. The van der Waals surface area contributed by atoms with Crippen LogP contribution in [0.25, 0.3) is 0 Å². The van der Waals surface area contributed by atoms with E-state index in [1.807, 2.05) is 0 Å². The van der Waals surface area contributed by atoms with Crippen molar-refractivity contribution in [3.63, 3.8) is 0 Å². The molecule has 0 saturated carbocycles. The number of hydrogen-bond acceptors (Lipinski definition) is 3. The lowest BCUT2D eigenvalue weighted by molar-refractivity contribution is 0.0752.